The molecule has 4 rings (SSSR count). The van der Waals surface area contributed by atoms with Crippen molar-refractivity contribution in [3.63, 3.8) is 0 Å². The molecule has 218 valence electrons. The van der Waals surface area contributed by atoms with Crippen molar-refractivity contribution in [2.24, 2.45) is 0 Å². The first-order valence-electron chi connectivity index (χ1n) is 14.9. The standard InChI is InChI=1S/C35H43NO5/c1-26-10-15-31(33(23-26)41-25-28-13-16-30(17-14-28)29-7-3-2-4-8-29)20-22-36(21-6-5-9-34(37)38)24-27-11-18-32(19-12-27)35(39)40/h10-19,23,29H,2-9,20-22,24-25H2,1H3,(H,37,38)(H,39,40). The molecule has 1 fully saturated rings. The van der Waals surface area contributed by atoms with E-state index >= 15 is 0 Å². The van der Waals surface area contributed by atoms with Gasteiger partial charge < -0.3 is 14.9 Å². The van der Waals surface area contributed by atoms with Crippen LogP contribution < -0.4 is 4.74 Å². The van der Waals surface area contributed by atoms with Crippen molar-refractivity contribution < 1.29 is 24.5 Å². The number of carboxylic acid groups (broad SMARTS) is 2. The summed E-state index contributed by atoms with van der Waals surface area (Å²) in [6.07, 6.45) is 9.00. The molecule has 0 atom stereocenters. The molecule has 0 spiro atoms. The Hall–Kier alpha value is -3.64. The average molecular weight is 558 g/mol. The maximum absolute atomic E-state index is 11.2. The van der Waals surface area contributed by atoms with Crippen LogP contribution in [0.1, 0.15) is 95.5 Å². The first-order chi connectivity index (χ1) is 19.9. The second kappa shape index (κ2) is 15.4. The van der Waals surface area contributed by atoms with Crippen LogP contribution >= 0.6 is 0 Å². The number of unbranched alkanes of at least 4 members (excludes halogenated alkanes) is 1. The van der Waals surface area contributed by atoms with Gasteiger partial charge in [-0.05, 0) is 97.5 Å². The largest absolute Gasteiger partial charge is 0.489 e. The molecule has 6 heteroatoms. The fourth-order valence-electron chi connectivity index (χ4n) is 5.66. The van der Waals surface area contributed by atoms with E-state index in [9.17, 15) is 14.7 Å². The fourth-order valence-corrected chi connectivity index (χ4v) is 5.66. The molecule has 1 aliphatic rings. The van der Waals surface area contributed by atoms with Crippen molar-refractivity contribution in [1.29, 1.82) is 0 Å². The maximum atomic E-state index is 11.2. The van der Waals surface area contributed by atoms with Gasteiger partial charge in [-0.3, -0.25) is 9.69 Å². The Labute approximate surface area is 244 Å². The number of hydrogen-bond acceptors (Lipinski definition) is 4. The summed E-state index contributed by atoms with van der Waals surface area (Å²) < 4.78 is 6.36. The van der Waals surface area contributed by atoms with E-state index in [-0.39, 0.29) is 12.0 Å². The minimum Gasteiger partial charge on any atom is -0.489 e. The van der Waals surface area contributed by atoms with Crippen molar-refractivity contribution in [2.45, 2.75) is 83.8 Å². The SMILES string of the molecule is Cc1ccc(CCN(CCCCC(=O)O)Cc2ccc(C(=O)O)cc2)c(OCc2ccc(C3CCCCC3)cc2)c1. The maximum Gasteiger partial charge on any atom is 0.335 e. The number of aliphatic carboxylic acids is 1. The number of hydrogen-bond donors (Lipinski definition) is 2. The predicted molar refractivity (Wildman–Crippen MR) is 162 cm³/mol. The van der Waals surface area contributed by atoms with Gasteiger partial charge in [0.15, 0.2) is 0 Å². The van der Waals surface area contributed by atoms with E-state index in [1.54, 1.807) is 12.1 Å². The molecule has 0 amide bonds. The van der Waals surface area contributed by atoms with Crippen molar-refractivity contribution in [1.82, 2.24) is 4.90 Å². The molecular formula is C35H43NO5. The lowest BCUT2D eigenvalue weighted by atomic mass is 9.84. The molecule has 3 aromatic carbocycles. The van der Waals surface area contributed by atoms with Crippen LogP contribution in [-0.2, 0) is 24.4 Å². The summed E-state index contributed by atoms with van der Waals surface area (Å²) in [5.74, 6) is -0.109. The van der Waals surface area contributed by atoms with Crippen LogP contribution in [0.2, 0.25) is 0 Å². The number of aromatic carboxylic acids is 1. The minimum absolute atomic E-state index is 0.165. The topological polar surface area (TPSA) is 87.1 Å². The summed E-state index contributed by atoms with van der Waals surface area (Å²) in [6, 6.07) is 22.3. The number of nitrogens with zero attached hydrogens (tertiary/aromatic N) is 1. The highest BCUT2D eigenvalue weighted by Crippen LogP contribution is 2.32. The van der Waals surface area contributed by atoms with Crippen LogP contribution in [0.3, 0.4) is 0 Å². The molecule has 3 aromatic rings. The van der Waals surface area contributed by atoms with Gasteiger partial charge >= 0.3 is 11.9 Å². The molecule has 0 aromatic heterocycles. The third kappa shape index (κ3) is 9.75. The molecule has 0 aliphatic heterocycles. The van der Waals surface area contributed by atoms with Gasteiger partial charge in [-0.25, -0.2) is 4.79 Å². The highest BCUT2D eigenvalue weighted by atomic mass is 16.5. The average Bonchev–Trinajstić information content (AvgIpc) is 2.98. The number of rotatable bonds is 15. The van der Waals surface area contributed by atoms with Gasteiger partial charge in [-0.2, -0.15) is 0 Å². The van der Waals surface area contributed by atoms with Crippen molar-refractivity contribution in [3.05, 3.63) is 100 Å². The van der Waals surface area contributed by atoms with Gasteiger partial charge in [-0.15, -0.1) is 0 Å². The van der Waals surface area contributed by atoms with E-state index in [1.165, 1.54) is 43.2 Å². The van der Waals surface area contributed by atoms with E-state index in [2.05, 4.69) is 54.3 Å². The smallest absolute Gasteiger partial charge is 0.335 e. The van der Waals surface area contributed by atoms with Crippen molar-refractivity contribution in [2.75, 3.05) is 13.1 Å². The zero-order chi connectivity index (χ0) is 29.0. The molecular weight excluding hydrogens is 514 g/mol. The van der Waals surface area contributed by atoms with Gasteiger partial charge in [0.05, 0.1) is 5.56 Å². The van der Waals surface area contributed by atoms with Gasteiger partial charge in [0.2, 0.25) is 0 Å². The van der Waals surface area contributed by atoms with Gasteiger partial charge in [-0.1, -0.05) is 67.8 Å². The second-order valence-electron chi connectivity index (χ2n) is 11.4. The van der Waals surface area contributed by atoms with E-state index in [0.717, 1.165) is 48.4 Å². The number of benzene rings is 3. The van der Waals surface area contributed by atoms with Crippen LogP contribution in [0.5, 0.6) is 5.75 Å². The van der Waals surface area contributed by atoms with E-state index < -0.39 is 11.9 Å². The van der Waals surface area contributed by atoms with E-state index in [1.807, 2.05) is 12.1 Å². The van der Waals surface area contributed by atoms with Gasteiger partial charge in [0.1, 0.15) is 12.4 Å². The zero-order valence-electron chi connectivity index (χ0n) is 24.2. The third-order valence-electron chi connectivity index (χ3n) is 8.09. The molecule has 1 saturated carbocycles. The molecule has 0 bridgehead atoms. The lowest BCUT2D eigenvalue weighted by Crippen LogP contribution is -2.27. The minimum atomic E-state index is -0.936. The Morgan fingerprint density at radius 1 is 0.854 bits per heavy atom. The van der Waals surface area contributed by atoms with Crippen LogP contribution in [0, 0.1) is 6.92 Å². The molecule has 41 heavy (non-hydrogen) atoms. The number of carboxylic acids is 2. The highest BCUT2D eigenvalue weighted by molar-refractivity contribution is 5.87. The molecule has 6 nitrogen and oxygen atoms in total. The summed E-state index contributed by atoms with van der Waals surface area (Å²) >= 11 is 0. The summed E-state index contributed by atoms with van der Waals surface area (Å²) in [7, 11) is 0. The molecule has 1 aliphatic carbocycles. The summed E-state index contributed by atoms with van der Waals surface area (Å²) in [5.41, 5.74) is 6.22. The molecule has 0 unspecified atom stereocenters. The zero-order valence-corrected chi connectivity index (χ0v) is 24.2. The summed E-state index contributed by atoms with van der Waals surface area (Å²) in [6.45, 7) is 4.82. The van der Waals surface area contributed by atoms with E-state index in [0.29, 0.717) is 25.5 Å². The first-order valence-corrected chi connectivity index (χ1v) is 14.9. The number of carbonyl (C=O) groups is 2. The summed E-state index contributed by atoms with van der Waals surface area (Å²) in [4.78, 5) is 24.5. The fraction of sp³-hybridized carbons (Fsp3) is 0.429. The first kappa shape index (κ1) is 30.3. The lowest BCUT2D eigenvalue weighted by molar-refractivity contribution is -0.137. The Morgan fingerprint density at radius 3 is 2.24 bits per heavy atom. The monoisotopic (exact) mass is 557 g/mol. The van der Waals surface area contributed by atoms with Crippen molar-refractivity contribution >= 4 is 11.9 Å². The van der Waals surface area contributed by atoms with Crippen molar-refractivity contribution in [3.8, 4) is 5.75 Å². The van der Waals surface area contributed by atoms with Crippen LogP contribution in [-0.4, -0.2) is 40.1 Å². The quantitative estimate of drug-likeness (QED) is 0.187. The normalized spacial score (nSPS) is 13.8. The van der Waals surface area contributed by atoms with E-state index in [4.69, 9.17) is 9.84 Å². The number of ether oxygens (including phenoxy) is 1. The molecule has 0 heterocycles. The van der Waals surface area contributed by atoms with Crippen LogP contribution in [0.25, 0.3) is 0 Å². The third-order valence-corrected chi connectivity index (χ3v) is 8.09. The van der Waals surface area contributed by atoms with Gasteiger partial charge in [0.25, 0.3) is 0 Å². The molecule has 2 N–H and O–H groups in total. The predicted octanol–water partition coefficient (Wildman–Crippen LogP) is 7.62. The summed E-state index contributed by atoms with van der Waals surface area (Å²) in [5, 5.41) is 18.2. The highest BCUT2D eigenvalue weighted by Gasteiger charge is 2.16. The Balaban J connectivity index is 1.38. The Morgan fingerprint density at radius 2 is 1.56 bits per heavy atom. The van der Waals surface area contributed by atoms with Crippen LogP contribution in [0.4, 0.5) is 0 Å². The Bertz CT molecular complexity index is 1260. The lowest BCUT2D eigenvalue weighted by Gasteiger charge is -2.23. The van der Waals surface area contributed by atoms with Gasteiger partial charge in [0, 0.05) is 19.5 Å². The number of aryl methyl sites for hydroxylation is 1. The second-order valence-corrected chi connectivity index (χ2v) is 11.4. The molecule has 0 radical (unpaired) electrons. The molecule has 0 saturated heterocycles. The van der Waals surface area contributed by atoms with Crippen LogP contribution in [0.15, 0.2) is 66.7 Å². The Kier molecular flexibility index (Phi) is 11.4.